The monoisotopic (exact) mass is 301 g/mol. The highest BCUT2D eigenvalue weighted by Crippen LogP contribution is 2.17. The summed E-state index contributed by atoms with van der Waals surface area (Å²) in [7, 11) is 0. The highest BCUT2D eigenvalue weighted by molar-refractivity contribution is 5.95. The molecule has 0 unspecified atom stereocenters. The number of esters is 1. The van der Waals surface area contributed by atoms with E-state index in [1.54, 1.807) is 12.1 Å². The average molecular weight is 301 g/mol. The minimum atomic E-state index is -0.559. The molecule has 0 spiro atoms. The second-order valence-corrected chi connectivity index (χ2v) is 5.34. The number of nitrogens with one attached hydrogen (secondary N) is 2. The van der Waals surface area contributed by atoms with Crippen LogP contribution >= 0.6 is 0 Å². The number of amides is 1. The quantitative estimate of drug-likeness (QED) is 0.831. The third-order valence-corrected chi connectivity index (χ3v) is 3.14. The Morgan fingerprint density at radius 2 is 1.95 bits per heavy atom. The first-order valence-electron chi connectivity index (χ1n) is 7.04. The van der Waals surface area contributed by atoms with Gasteiger partial charge >= 0.3 is 5.97 Å². The fourth-order valence-corrected chi connectivity index (χ4v) is 1.94. The minimum absolute atomic E-state index is 0.117. The van der Waals surface area contributed by atoms with E-state index in [0.717, 1.165) is 5.56 Å². The molecule has 2 aromatic rings. The molecular formula is C16H19N3O3. The summed E-state index contributed by atoms with van der Waals surface area (Å²) in [5.74, 6) is -0.824. The zero-order valence-corrected chi connectivity index (χ0v) is 12.8. The first-order valence-corrected chi connectivity index (χ1v) is 7.04. The van der Waals surface area contributed by atoms with E-state index in [1.165, 1.54) is 6.20 Å². The smallest absolute Gasteiger partial charge is 0.342 e. The maximum Gasteiger partial charge on any atom is 0.342 e. The number of anilines is 1. The minimum Gasteiger partial charge on any atom is -0.452 e. The van der Waals surface area contributed by atoms with Gasteiger partial charge in [-0.1, -0.05) is 31.5 Å². The SMILES string of the molecule is Cc1ccc(NC(=O)COC(=O)c2cn[nH]c2C(C)C)cc1. The topological polar surface area (TPSA) is 84.1 Å². The molecule has 0 saturated carbocycles. The Labute approximate surface area is 128 Å². The molecule has 0 fully saturated rings. The van der Waals surface area contributed by atoms with Crippen LogP contribution in [-0.4, -0.2) is 28.7 Å². The highest BCUT2D eigenvalue weighted by atomic mass is 16.5. The molecule has 6 nitrogen and oxygen atoms in total. The second-order valence-electron chi connectivity index (χ2n) is 5.34. The van der Waals surface area contributed by atoms with Crippen molar-refractivity contribution in [1.82, 2.24) is 10.2 Å². The summed E-state index contributed by atoms with van der Waals surface area (Å²) in [4.78, 5) is 23.7. The Kier molecular flexibility index (Phi) is 4.93. The van der Waals surface area contributed by atoms with Crippen LogP contribution in [0.2, 0.25) is 0 Å². The molecule has 0 bridgehead atoms. The first-order chi connectivity index (χ1) is 10.5. The van der Waals surface area contributed by atoms with Crippen molar-refractivity contribution in [3.05, 3.63) is 47.3 Å². The van der Waals surface area contributed by atoms with Crippen molar-refractivity contribution in [1.29, 1.82) is 0 Å². The van der Waals surface area contributed by atoms with Crippen LogP contribution in [0.25, 0.3) is 0 Å². The van der Waals surface area contributed by atoms with Crippen LogP contribution < -0.4 is 5.32 Å². The van der Waals surface area contributed by atoms with Gasteiger partial charge in [-0.25, -0.2) is 4.79 Å². The zero-order chi connectivity index (χ0) is 16.1. The maximum absolute atomic E-state index is 12.0. The summed E-state index contributed by atoms with van der Waals surface area (Å²) in [6.07, 6.45) is 1.41. The third-order valence-electron chi connectivity index (χ3n) is 3.14. The molecule has 6 heteroatoms. The molecule has 0 atom stereocenters. The van der Waals surface area contributed by atoms with Gasteiger partial charge in [-0.2, -0.15) is 5.10 Å². The molecule has 0 saturated heterocycles. The number of hydrogen-bond donors (Lipinski definition) is 2. The van der Waals surface area contributed by atoms with Crippen LogP contribution in [0, 0.1) is 6.92 Å². The van der Waals surface area contributed by atoms with E-state index in [-0.39, 0.29) is 18.4 Å². The summed E-state index contributed by atoms with van der Waals surface area (Å²) in [5.41, 5.74) is 2.82. The summed E-state index contributed by atoms with van der Waals surface area (Å²) < 4.78 is 5.02. The largest absolute Gasteiger partial charge is 0.452 e. The first kappa shape index (κ1) is 15.8. The number of carbonyl (C=O) groups is 2. The summed E-state index contributed by atoms with van der Waals surface area (Å²) in [5, 5.41) is 9.28. The number of benzene rings is 1. The van der Waals surface area contributed by atoms with Crippen LogP contribution in [-0.2, 0) is 9.53 Å². The lowest BCUT2D eigenvalue weighted by Gasteiger charge is -2.08. The van der Waals surface area contributed by atoms with Crippen molar-refractivity contribution < 1.29 is 14.3 Å². The lowest BCUT2D eigenvalue weighted by molar-refractivity contribution is -0.119. The van der Waals surface area contributed by atoms with E-state index in [9.17, 15) is 9.59 Å². The standard InChI is InChI=1S/C16H19N3O3/c1-10(2)15-13(8-17-19-15)16(21)22-9-14(20)18-12-6-4-11(3)5-7-12/h4-8,10H,9H2,1-3H3,(H,17,19)(H,18,20). The van der Waals surface area contributed by atoms with E-state index >= 15 is 0 Å². The van der Waals surface area contributed by atoms with Crippen LogP contribution in [0.5, 0.6) is 0 Å². The van der Waals surface area contributed by atoms with Gasteiger partial charge in [0.05, 0.1) is 11.9 Å². The van der Waals surface area contributed by atoms with Crippen molar-refractivity contribution in [2.24, 2.45) is 0 Å². The lowest BCUT2D eigenvalue weighted by atomic mass is 10.1. The lowest BCUT2D eigenvalue weighted by Crippen LogP contribution is -2.21. The zero-order valence-electron chi connectivity index (χ0n) is 12.8. The van der Waals surface area contributed by atoms with Crippen molar-refractivity contribution in [2.45, 2.75) is 26.7 Å². The van der Waals surface area contributed by atoms with Crippen molar-refractivity contribution in [3.8, 4) is 0 Å². The Balaban J connectivity index is 1.89. The number of aromatic amines is 1. The molecule has 1 aromatic carbocycles. The normalized spacial score (nSPS) is 10.5. The number of rotatable bonds is 5. The van der Waals surface area contributed by atoms with Crippen molar-refractivity contribution >= 4 is 17.6 Å². The van der Waals surface area contributed by atoms with Crippen LogP contribution in [0.15, 0.2) is 30.5 Å². The number of H-pyrrole nitrogens is 1. The van der Waals surface area contributed by atoms with Gasteiger partial charge in [0, 0.05) is 5.69 Å². The van der Waals surface area contributed by atoms with Crippen LogP contribution in [0.4, 0.5) is 5.69 Å². The van der Waals surface area contributed by atoms with Gasteiger partial charge < -0.3 is 10.1 Å². The van der Waals surface area contributed by atoms with Crippen LogP contribution in [0.1, 0.15) is 41.4 Å². The number of carbonyl (C=O) groups excluding carboxylic acids is 2. The molecule has 116 valence electrons. The third kappa shape index (κ3) is 3.94. The molecule has 0 aliphatic heterocycles. The molecule has 1 amide bonds. The fourth-order valence-electron chi connectivity index (χ4n) is 1.94. The van der Waals surface area contributed by atoms with Crippen LogP contribution in [0.3, 0.4) is 0 Å². The number of hydrogen-bond acceptors (Lipinski definition) is 4. The molecule has 0 aliphatic rings. The molecule has 1 aromatic heterocycles. The predicted molar refractivity (Wildman–Crippen MR) is 82.8 cm³/mol. The average Bonchev–Trinajstić information content (AvgIpc) is 2.97. The highest BCUT2D eigenvalue weighted by Gasteiger charge is 2.18. The summed E-state index contributed by atoms with van der Waals surface area (Å²) >= 11 is 0. The van der Waals surface area contributed by atoms with Gasteiger partial charge in [-0.3, -0.25) is 9.89 Å². The van der Waals surface area contributed by atoms with Crippen molar-refractivity contribution in [2.75, 3.05) is 11.9 Å². The molecule has 0 radical (unpaired) electrons. The number of ether oxygens (including phenoxy) is 1. The van der Waals surface area contributed by atoms with E-state index in [0.29, 0.717) is 16.9 Å². The molecule has 22 heavy (non-hydrogen) atoms. The Bertz CT molecular complexity index is 660. The van der Waals surface area contributed by atoms with E-state index in [4.69, 9.17) is 4.74 Å². The van der Waals surface area contributed by atoms with Gasteiger partial charge in [0.15, 0.2) is 6.61 Å². The van der Waals surface area contributed by atoms with Gasteiger partial charge in [0.2, 0.25) is 0 Å². The molecular weight excluding hydrogens is 282 g/mol. The predicted octanol–water partition coefficient (Wildman–Crippen LogP) is 2.64. The molecule has 2 rings (SSSR count). The maximum atomic E-state index is 12.0. The number of aromatic nitrogens is 2. The Morgan fingerprint density at radius 3 is 2.59 bits per heavy atom. The number of aryl methyl sites for hydroxylation is 1. The second kappa shape index (κ2) is 6.89. The Hall–Kier alpha value is -2.63. The van der Waals surface area contributed by atoms with Gasteiger partial charge in [-0.15, -0.1) is 0 Å². The van der Waals surface area contributed by atoms with Crippen molar-refractivity contribution in [3.63, 3.8) is 0 Å². The molecule has 1 heterocycles. The van der Waals surface area contributed by atoms with E-state index in [1.807, 2.05) is 32.9 Å². The number of nitrogens with zero attached hydrogens (tertiary/aromatic N) is 1. The van der Waals surface area contributed by atoms with E-state index < -0.39 is 5.97 Å². The van der Waals surface area contributed by atoms with Gasteiger partial charge in [-0.05, 0) is 25.0 Å². The van der Waals surface area contributed by atoms with E-state index in [2.05, 4.69) is 15.5 Å². The Morgan fingerprint density at radius 1 is 1.27 bits per heavy atom. The molecule has 0 aliphatic carbocycles. The fraction of sp³-hybridized carbons (Fsp3) is 0.312. The molecule has 2 N–H and O–H groups in total. The summed E-state index contributed by atoms with van der Waals surface area (Å²) in [6.45, 7) is 5.50. The summed E-state index contributed by atoms with van der Waals surface area (Å²) in [6, 6.07) is 7.37. The van der Waals surface area contributed by atoms with Gasteiger partial charge in [0.25, 0.3) is 5.91 Å². The van der Waals surface area contributed by atoms with Gasteiger partial charge in [0.1, 0.15) is 5.56 Å².